The highest BCUT2D eigenvalue weighted by molar-refractivity contribution is 7.85. The van der Waals surface area contributed by atoms with Gasteiger partial charge in [0, 0.05) is 47.3 Å². The van der Waals surface area contributed by atoms with Crippen molar-refractivity contribution in [1.29, 1.82) is 0 Å². The van der Waals surface area contributed by atoms with Crippen LogP contribution >= 0.6 is 0 Å². The standard InChI is InChI=1S/C9H13N3O2S/c10-7-5-8(11-6-7)9(13)12-1-3-15(14)4-2-12/h5-6,11H,1-4,10H2. The molecule has 1 aliphatic rings. The Morgan fingerprint density at radius 2 is 2.13 bits per heavy atom. The minimum atomic E-state index is -0.757. The molecule has 0 atom stereocenters. The van der Waals surface area contributed by atoms with E-state index in [1.54, 1.807) is 17.2 Å². The molecule has 5 nitrogen and oxygen atoms in total. The van der Waals surface area contributed by atoms with Crippen LogP contribution in [-0.4, -0.2) is 44.6 Å². The van der Waals surface area contributed by atoms with Crippen molar-refractivity contribution in [1.82, 2.24) is 9.88 Å². The first kappa shape index (κ1) is 10.2. The van der Waals surface area contributed by atoms with Crippen molar-refractivity contribution < 1.29 is 9.00 Å². The average Bonchev–Trinajstić information content (AvgIpc) is 2.65. The number of hydrogen-bond acceptors (Lipinski definition) is 3. The minimum Gasteiger partial charge on any atom is -0.397 e. The normalized spacial score (nSPS) is 18.0. The Morgan fingerprint density at radius 1 is 1.47 bits per heavy atom. The van der Waals surface area contributed by atoms with Gasteiger partial charge in [0.15, 0.2) is 0 Å². The predicted octanol–water partition coefficient (Wildman–Crippen LogP) is -0.199. The third-order valence-corrected chi connectivity index (χ3v) is 3.68. The molecule has 0 saturated carbocycles. The lowest BCUT2D eigenvalue weighted by Crippen LogP contribution is -2.41. The van der Waals surface area contributed by atoms with E-state index in [-0.39, 0.29) is 5.91 Å². The van der Waals surface area contributed by atoms with E-state index in [2.05, 4.69) is 4.98 Å². The Bertz CT molecular complexity index is 392. The van der Waals surface area contributed by atoms with Crippen molar-refractivity contribution in [3.63, 3.8) is 0 Å². The van der Waals surface area contributed by atoms with Crippen molar-refractivity contribution in [2.45, 2.75) is 0 Å². The maximum atomic E-state index is 11.9. The first-order chi connectivity index (χ1) is 7.16. The van der Waals surface area contributed by atoms with Crippen molar-refractivity contribution in [2.24, 2.45) is 0 Å². The summed E-state index contributed by atoms with van der Waals surface area (Å²) in [7, 11) is -0.757. The lowest BCUT2D eigenvalue weighted by atomic mass is 10.3. The van der Waals surface area contributed by atoms with Gasteiger partial charge in [0.2, 0.25) is 0 Å². The van der Waals surface area contributed by atoms with Crippen LogP contribution in [0.1, 0.15) is 10.5 Å². The second-order valence-corrected chi connectivity index (χ2v) is 5.18. The summed E-state index contributed by atoms with van der Waals surface area (Å²) in [5.74, 6) is 1.08. The first-order valence-electron chi connectivity index (χ1n) is 4.75. The number of H-pyrrole nitrogens is 1. The van der Waals surface area contributed by atoms with Gasteiger partial charge < -0.3 is 15.6 Å². The molecule has 82 valence electrons. The lowest BCUT2D eigenvalue weighted by molar-refractivity contribution is 0.0766. The van der Waals surface area contributed by atoms with Crippen LogP contribution in [0.5, 0.6) is 0 Å². The number of nitrogens with one attached hydrogen (secondary N) is 1. The number of aromatic nitrogens is 1. The molecule has 1 aliphatic heterocycles. The number of nitrogens with two attached hydrogens (primary N) is 1. The molecule has 1 saturated heterocycles. The third kappa shape index (κ3) is 2.20. The van der Waals surface area contributed by atoms with Crippen molar-refractivity contribution >= 4 is 22.4 Å². The molecule has 0 aromatic carbocycles. The van der Waals surface area contributed by atoms with E-state index in [1.165, 1.54) is 0 Å². The van der Waals surface area contributed by atoms with Crippen molar-refractivity contribution in [3.05, 3.63) is 18.0 Å². The predicted molar refractivity (Wildman–Crippen MR) is 59.0 cm³/mol. The van der Waals surface area contributed by atoms with Crippen LogP contribution in [0, 0.1) is 0 Å². The average molecular weight is 227 g/mol. The van der Waals surface area contributed by atoms with Gasteiger partial charge in [-0.15, -0.1) is 0 Å². The smallest absolute Gasteiger partial charge is 0.270 e. The van der Waals surface area contributed by atoms with Crippen LogP contribution in [0.3, 0.4) is 0 Å². The molecule has 0 bridgehead atoms. The van der Waals surface area contributed by atoms with Crippen molar-refractivity contribution in [2.75, 3.05) is 30.3 Å². The molecular weight excluding hydrogens is 214 g/mol. The number of nitrogens with zero attached hydrogens (tertiary/aromatic N) is 1. The van der Waals surface area contributed by atoms with Crippen LogP contribution in [-0.2, 0) is 10.8 Å². The first-order valence-corrected chi connectivity index (χ1v) is 6.24. The molecular formula is C9H13N3O2S. The number of hydrogen-bond donors (Lipinski definition) is 2. The molecule has 1 fully saturated rings. The summed E-state index contributed by atoms with van der Waals surface area (Å²) in [5.41, 5.74) is 6.57. The van der Waals surface area contributed by atoms with Gasteiger partial charge >= 0.3 is 0 Å². The Balaban J connectivity index is 2.05. The second kappa shape index (κ2) is 4.06. The van der Waals surface area contributed by atoms with Gasteiger partial charge in [-0.3, -0.25) is 9.00 Å². The molecule has 1 aromatic heterocycles. The molecule has 3 N–H and O–H groups in total. The Kier molecular flexibility index (Phi) is 2.77. The summed E-state index contributed by atoms with van der Waals surface area (Å²) in [6.07, 6.45) is 1.59. The molecule has 2 rings (SSSR count). The maximum Gasteiger partial charge on any atom is 0.270 e. The molecule has 15 heavy (non-hydrogen) atoms. The van der Waals surface area contributed by atoms with Gasteiger partial charge in [-0.05, 0) is 6.07 Å². The van der Waals surface area contributed by atoms with E-state index in [0.29, 0.717) is 36.0 Å². The molecule has 0 spiro atoms. The zero-order valence-corrected chi connectivity index (χ0v) is 9.05. The molecule has 1 amide bonds. The zero-order valence-electron chi connectivity index (χ0n) is 8.23. The third-order valence-electron chi connectivity index (χ3n) is 2.40. The van der Waals surface area contributed by atoms with Gasteiger partial charge in [0.25, 0.3) is 5.91 Å². The zero-order chi connectivity index (χ0) is 10.8. The quantitative estimate of drug-likeness (QED) is 0.697. The number of amides is 1. The fraction of sp³-hybridized carbons (Fsp3) is 0.444. The molecule has 2 heterocycles. The Labute approximate surface area is 90.1 Å². The number of anilines is 1. The van der Waals surface area contributed by atoms with Gasteiger partial charge in [-0.2, -0.15) is 0 Å². The topological polar surface area (TPSA) is 79.2 Å². The monoisotopic (exact) mass is 227 g/mol. The van der Waals surface area contributed by atoms with E-state index in [9.17, 15) is 9.00 Å². The lowest BCUT2D eigenvalue weighted by Gasteiger charge is -2.25. The van der Waals surface area contributed by atoms with Gasteiger partial charge in [-0.1, -0.05) is 0 Å². The number of carbonyl (C=O) groups is 1. The summed E-state index contributed by atoms with van der Waals surface area (Å²) in [6.45, 7) is 1.12. The fourth-order valence-electron chi connectivity index (χ4n) is 1.55. The summed E-state index contributed by atoms with van der Waals surface area (Å²) in [4.78, 5) is 16.4. The Morgan fingerprint density at radius 3 is 2.67 bits per heavy atom. The summed E-state index contributed by atoms with van der Waals surface area (Å²) >= 11 is 0. The van der Waals surface area contributed by atoms with E-state index < -0.39 is 10.8 Å². The Hall–Kier alpha value is -1.30. The fourth-order valence-corrected chi connectivity index (χ4v) is 2.60. The van der Waals surface area contributed by atoms with E-state index >= 15 is 0 Å². The van der Waals surface area contributed by atoms with Gasteiger partial charge in [-0.25, -0.2) is 0 Å². The summed E-state index contributed by atoms with van der Waals surface area (Å²) in [6, 6.07) is 1.62. The van der Waals surface area contributed by atoms with Crippen LogP contribution in [0.15, 0.2) is 12.3 Å². The van der Waals surface area contributed by atoms with Gasteiger partial charge in [0.05, 0.1) is 0 Å². The highest BCUT2D eigenvalue weighted by atomic mass is 32.2. The van der Waals surface area contributed by atoms with Gasteiger partial charge in [0.1, 0.15) is 5.69 Å². The van der Waals surface area contributed by atoms with E-state index in [4.69, 9.17) is 5.73 Å². The molecule has 6 heteroatoms. The highest BCUT2D eigenvalue weighted by Gasteiger charge is 2.21. The number of carbonyl (C=O) groups excluding carboxylic acids is 1. The molecule has 0 aliphatic carbocycles. The molecule has 0 unspecified atom stereocenters. The van der Waals surface area contributed by atoms with Crippen LogP contribution < -0.4 is 5.73 Å². The van der Waals surface area contributed by atoms with Crippen LogP contribution in [0.4, 0.5) is 5.69 Å². The van der Waals surface area contributed by atoms with Crippen LogP contribution in [0.2, 0.25) is 0 Å². The summed E-state index contributed by atoms with van der Waals surface area (Å²) in [5, 5.41) is 0. The number of aromatic amines is 1. The summed E-state index contributed by atoms with van der Waals surface area (Å²) < 4.78 is 11.1. The van der Waals surface area contributed by atoms with E-state index in [1.807, 2.05) is 0 Å². The minimum absolute atomic E-state index is 0.0663. The SMILES string of the molecule is Nc1c[nH]c(C(=O)N2CCS(=O)CC2)c1. The van der Waals surface area contributed by atoms with E-state index in [0.717, 1.165) is 0 Å². The van der Waals surface area contributed by atoms with Crippen molar-refractivity contribution in [3.8, 4) is 0 Å². The number of nitrogen functional groups attached to an aromatic ring is 1. The molecule has 1 aromatic rings. The second-order valence-electron chi connectivity index (χ2n) is 3.49. The largest absolute Gasteiger partial charge is 0.397 e. The van der Waals surface area contributed by atoms with Crippen LogP contribution in [0.25, 0.3) is 0 Å². The highest BCUT2D eigenvalue weighted by Crippen LogP contribution is 2.10. The number of rotatable bonds is 1. The maximum absolute atomic E-state index is 11.9. The molecule has 0 radical (unpaired) electrons.